The summed E-state index contributed by atoms with van der Waals surface area (Å²) >= 11 is 0. The third-order valence-corrected chi connectivity index (χ3v) is 3.43. The van der Waals surface area contributed by atoms with Crippen LogP contribution < -0.4 is 10.6 Å². The highest BCUT2D eigenvalue weighted by Crippen LogP contribution is 2.16. The fraction of sp³-hybridized carbons (Fsp3) is 0.294. The number of benzene rings is 1. The van der Waals surface area contributed by atoms with E-state index in [4.69, 9.17) is 0 Å². The van der Waals surface area contributed by atoms with Crippen LogP contribution in [0.4, 0.5) is 5.69 Å². The minimum atomic E-state index is -0.0580. The van der Waals surface area contributed by atoms with Gasteiger partial charge in [0.05, 0.1) is 0 Å². The molecule has 0 atom stereocenters. The van der Waals surface area contributed by atoms with Gasteiger partial charge >= 0.3 is 0 Å². The van der Waals surface area contributed by atoms with E-state index >= 15 is 0 Å². The Morgan fingerprint density at radius 3 is 2.67 bits per heavy atom. The van der Waals surface area contributed by atoms with Gasteiger partial charge in [-0.25, -0.2) is 0 Å². The first-order valence-electron chi connectivity index (χ1n) is 7.14. The second-order valence-corrected chi connectivity index (χ2v) is 5.04. The summed E-state index contributed by atoms with van der Waals surface area (Å²) in [5, 5.41) is 6.22. The van der Waals surface area contributed by atoms with Crippen LogP contribution in [0.1, 0.15) is 34.0 Å². The van der Waals surface area contributed by atoms with Gasteiger partial charge in [-0.2, -0.15) is 0 Å². The van der Waals surface area contributed by atoms with E-state index in [1.807, 2.05) is 38.1 Å². The number of rotatable bonds is 5. The first-order valence-corrected chi connectivity index (χ1v) is 7.14. The van der Waals surface area contributed by atoms with Crippen LogP contribution in [0.15, 0.2) is 36.7 Å². The predicted molar refractivity (Wildman–Crippen MR) is 85.5 cm³/mol. The number of anilines is 1. The summed E-state index contributed by atoms with van der Waals surface area (Å²) in [5.41, 5.74) is 4.99. The highest BCUT2D eigenvalue weighted by molar-refractivity contribution is 5.94. The van der Waals surface area contributed by atoms with Crippen molar-refractivity contribution in [2.75, 3.05) is 11.9 Å². The maximum absolute atomic E-state index is 12.2. The van der Waals surface area contributed by atoms with E-state index in [1.54, 1.807) is 12.4 Å². The van der Waals surface area contributed by atoms with E-state index < -0.39 is 0 Å². The molecular formula is C17H21N3O. The summed E-state index contributed by atoms with van der Waals surface area (Å²) in [7, 11) is 0. The standard InChI is InChI=1S/C17H21N3O/c1-4-19-16-6-5-14(9-12(16)2)17(21)20-11-15-7-8-18-10-13(15)3/h5-10,19H,4,11H2,1-3H3,(H,20,21). The lowest BCUT2D eigenvalue weighted by Crippen LogP contribution is -2.23. The van der Waals surface area contributed by atoms with Gasteiger partial charge in [-0.1, -0.05) is 0 Å². The smallest absolute Gasteiger partial charge is 0.251 e. The molecule has 0 spiro atoms. The Balaban J connectivity index is 2.04. The van der Waals surface area contributed by atoms with Crippen LogP contribution in [0.25, 0.3) is 0 Å². The predicted octanol–water partition coefficient (Wildman–Crippen LogP) is 3.06. The summed E-state index contributed by atoms with van der Waals surface area (Å²) < 4.78 is 0. The highest BCUT2D eigenvalue weighted by Gasteiger charge is 2.08. The molecule has 4 heteroatoms. The number of pyridine rings is 1. The number of hydrogen-bond donors (Lipinski definition) is 2. The number of carbonyl (C=O) groups is 1. The third-order valence-electron chi connectivity index (χ3n) is 3.43. The molecule has 1 heterocycles. The minimum Gasteiger partial charge on any atom is -0.385 e. The van der Waals surface area contributed by atoms with Crippen LogP contribution >= 0.6 is 0 Å². The molecule has 1 amide bonds. The van der Waals surface area contributed by atoms with Gasteiger partial charge in [-0.05, 0) is 61.7 Å². The Labute approximate surface area is 125 Å². The number of nitrogens with one attached hydrogen (secondary N) is 2. The topological polar surface area (TPSA) is 54.0 Å². The Hall–Kier alpha value is -2.36. The summed E-state index contributed by atoms with van der Waals surface area (Å²) in [6, 6.07) is 7.63. The average Bonchev–Trinajstić information content (AvgIpc) is 2.48. The van der Waals surface area contributed by atoms with Crippen LogP contribution in [0.3, 0.4) is 0 Å². The van der Waals surface area contributed by atoms with Gasteiger partial charge in [-0.15, -0.1) is 0 Å². The maximum atomic E-state index is 12.2. The van der Waals surface area contributed by atoms with Gasteiger partial charge in [0, 0.05) is 36.7 Å². The van der Waals surface area contributed by atoms with Crippen molar-refractivity contribution in [2.45, 2.75) is 27.3 Å². The SMILES string of the molecule is CCNc1ccc(C(=O)NCc2ccncc2C)cc1C. The molecule has 21 heavy (non-hydrogen) atoms. The van der Waals surface area contributed by atoms with Crippen molar-refractivity contribution in [3.63, 3.8) is 0 Å². The van der Waals surface area contributed by atoms with Crippen LogP contribution in [0, 0.1) is 13.8 Å². The van der Waals surface area contributed by atoms with Crippen LogP contribution in [-0.2, 0) is 6.54 Å². The normalized spacial score (nSPS) is 10.2. The molecule has 0 saturated heterocycles. The van der Waals surface area contributed by atoms with Crippen molar-refractivity contribution in [3.8, 4) is 0 Å². The van der Waals surface area contributed by atoms with Gasteiger partial charge in [-0.3, -0.25) is 9.78 Å². The molecule has 2 N–H and O–H groups in total. The molecule has 1 aromatic heterocycles. The fourth-order valence-electron chi connectivity index (χ4n) is 2.17. The zero-order valence-electron chi connectivity index (χ0n) is 12.7. The van der Waals surface area contributed by atoms with Crippen molar-refractivity contribution in [1.82, 2.24) is 10.3 Å². The summed E-state index contributed by atoms with van der Waals surface area (Å²) in [4.78, 5) is 16.3. The lowest BCUT2D eigenvalue weighted by atomic mass is 10.1. The Morgan fingerprint density at radius 2 is 2.00 bits per heavy atom. The Bertz CT molecular complexity index is 638. The maximum Gasteiger partial charge on any atom is 0.251 e. The number of aryl methyl sites for hydroxylation is 2. The van der Waals surface area contributed by atoms with Crippen molar-refractivity contribution in [2.24, 2.45) is 0 Å². The van der Waals surface area contributed by atoms with E-state index in [2.05, 4.69) is 22.5 Å². The fourth-order valence-corrected chi connectivity index (χ4v) is 2.17. The molecule has 0 radical (unpaired) electrons. The number of aromatic nitrogens is 1. The quantitative estimate of drug-likeness (QED) is 0.886. The first-order chi connectivity index (χ1) is 10.1. The summed E-state index contributed by atoms with van der Waals surface area (Å²) in [6.07, 6.45) is 3.54. The molecular weight excluding hydrogens is 262 g/mol. The minimum absolute atomic E-state index is 0.0580. The molecule has 2 rings (SSSR count). The van der Waals surface area contributed by atoms with E-state index in [-0.39, 0.29) is 5.91 Å². The van der Waals surface area contributed by atoms with E-state index in [0.717, 1.165) is 28.9 Å². The zero-order valence-corrected chi connectivity index (χ0v) is 12.7. The van der Waals surface area contributed by atoms with E-state index in [9.17, 15) is 4.79 Å². The number of hydrogen-bond acceptors (Lipinski definition) is 3. The summed E-state index contributed by atoms with van der Waals surface area (Å²) in [5.74, 6) is -0.0580. The number of carbonyl (C=O) groups excluding carboxylic acids is 1. The van der Waals surface area contributed by atoms with Crippen molar-refractivity contribution in [3.05, 3.63) is 58.9 Å². The second kappa shape index (κ2) is 6.88. The second-order valence-electron chi connectivity index (χ2n) is 5.04. The van der Waals surface area contributed by atoms with E-state index in [1.165, 1.54) is 0 Å². The molecule has 0 aliphatic heterocycles. The first kappa shape index (κ1) is 15.0. The van der Waals surface area contributed by atoms with Crippen LogP contribution in [0.2, 0.25) is 0 Å². The monoisotopic (exact) mass is 283 g/mol. The molecule has 0 aliphatic rings. The molecule has 0 bridgehead atoms. The number of amides is 1. The average molecular weight is 283 g/mol. The van der Waals surface area contributed by atoms with Crippen molar-refractivity contribution in [1.29, 1.82) is 0 Å². The lowest BCUT2D eigenvalue weighted by molar-refractivity contribution is 0.0951. The lowest BCUT2D eigenvalue weighted by Gasteiger charge is -2.11. The van der Waals surface area contributed by atoms with Gasteiger partial charge in [0.1, 0.15) is 0 Å². The zero-order chi connectivity index (χ0) is 15.2. The van der Waals surface area contributed by atoms with Gasteiger partial charge in [0.25, 0.3) is 5.91 Å². The van der Waals surface area contributed by atoms with Gasteiger partial charge in [0.15, 0.2) is 0 Å². The molecule has 0 fully saturated rings. The molecule has 1 aromatic carbocycles. The van der Waals surface area contributed by atoms with Crippen molar-refractivity contribution < 1.29 is 4.79 Å². The molecule has 2 aromatic rings. The van der Waals surface area contributed by atoms with Gasteiger partial charge < -0.3 is 10.6 Å². The Morgan fingerprint density at radius 1 is 1.19 bits per heavy atom. The molecule has 110 valence electrons. The Kier molecular flexibility index (Phi) is 4.93. The van der Waals surface area contributed by atoms with Crippen LogP contribution in [0.5, 0.6) is 0 Å². The van der Waals surface area contributed by atoms with Gasteiger partial charge in [0.2, 0.25) is 0 Å². The third kappa shape index (κ3) is 3.81. The van der Waals surface area contributed by atoms with E-state index in [0.29, 0.717) is 12.1 Å². The number of nitrogens with zero attached hydrogens (tertiary/aromatic N) is 1. The molecule has 0 unspecified atom stereocenters. The van der Waals surface area contributed by atoms with Crippen LogP contribution in [-0.4, -0.2) is 17.4 Å². The molecule has 4 nitrogen and oxygen atoms in total. The summed E-state index contributed by atoms with van der Waals surface area (Å²) in [6.45, 7) is 7.43. The molecule has 0 saturated carbocycles. The van der Waals surface area contributed by atoms with Crippen molar-refractivity contribution >= 4 is 11.6 Å². The highest BCUT2D eigenvalue weighted by atomic mass is 16.1. The molecule has 0 aliphatic carbocycles. The largest absolute Gasteiger partial charge is 0.385 e.